The van der Waals surface area contributed by atoms with Crippen LogP contribution in [0.15, 0.2) is 77.8 Å². The molecule has 0 aliphatic rings. The largest absolute Gasteiger partial charge is 0.322 e. The van der Waals surface area contributed by atoms with Gasteiger partial charge in [0.05, 0.1) is 17.1 Å². The molecule has 0 unspecified atom stereocenters. The van der Waals surface area contributed by atoms with Crippen LogP contribution >= 0.6 is 0 Å². The summed E-state index contributed by atoms with van der Waals surface area (Å²) in [7, 11) is -3.77. The van der Waals surface area contributed by atoms with Crippen molar-refractivity contribution in [2.24, 2.45) is 0 Å². The van der Waals surface area contributed by atoms with Crippen LogP contribution in [0.5, 0.6) is 0 Å². The molecule has 1 amide bonds. The summed E-state index contributed by atoms with van der Waals surface area (Å²) in [6.45, 7) is 2.08. The van der Waals surface area contributed by atoms with Crippen molar-refractivity contribution >= 4 is 21.6 Å². The zero-order valence-corrected chi connectivity index (χ0v) is 16.2. The Balaban J connectivity index is 1.76. The number of rotatable bonds is 7. The SMILES string of the molecule is CCc1ccccc1NC(=O)c1cccc(S(=O)(=O)NCc2ccccn2)c1. The van der Waals surface area contributed by atoms with Gasteiger partial charge in [-0.25, -0.2) is 13.1 Å². The van der Waals surface area contributed by atoms with E-state index in [0.717, 1.165) is 17.7 Å². The van der Waals surface area contributed by atoms with E-state index in [2.05, 4.69) is 15.0 Å². The molecule has 2 N–H and O–H groups in total. The van der Waals surface area contributed by atoms with Crippen molar-refractivity contribution in [1.29, 1.82) is 0 Å². The minimum atomic E-state index is -3.77. The van der Waals surface area contributed by atoms with E-state index in [1.54, 1.807) is 36.5 Å². The highest BCUT2D eigenvalue weighted by Gasteiger charge is 2.17. The van der Waals surface area contributed by atoms with Crippen molar-refractivity contribution in [3.63, 3.8) is 0 Å². The summed E-state index contributed by atoms with van der Waals surface area (Å²) in [6.07, 6.45) is 2.38. The number of hydrogen-bond acceptors (Lipinski definition) is 4. The number of aryl methyl sites for hydroxylation is 1. The number of nitrogens with one attached hydrogen (secondary N) is 2. The van der Waals surface area contributed by atoms with Gasteiger partial charge in [-0.15, -0.1) is 0 Å². The predicted octanol–water partition coefficient (Wildman–Crippen LogP) is 3.37. The Morgan fingerprint density at radius 3 is 2.54 bits per heavy atom. The molecule has 0 atom stereocenters. The zero-order valence-electron chi connectivity index (χ0n) is 15.4. The first-order valence-corrected chi connectivity index (χ1v) is 10.4. The van der Waals surface area contributed by atoms with Crippen LogP contribution in [0, 0.1) is 0 Å². The van der Waals surface area contributed by atoms with Crippen LogP contribution < -0.4 is 10.0 Å². The number of benzene rings is 2. The molecule has 6 nitrogen and oxygen atoms in total. The molecule has 3 rings (SSSR count). The molecule has 1 aromatic heterocycles. The lowest BCUT2D eigenvalue weighted by molar-refractivity contribution is 0.102. The number of anilines is 1. The molecule has 0 saturated carbocycles. The summed E-state index contributed by atoms with van der Waals surface area (Å²) in [6, 6.07) is 18.8. The summed E-state index contributed by atoms with van der Waals surface area (Å²) in [5.74, 6) is -0.359. The monoisotopic (exact) mass is 395 g/mol. The number of carbonyl (C=O) groups excluding carboxylic acids is 1. The standard InChI is InChI=1S/C21H21N3O3S/c1-2-16-8-3-4-12-20(16)24-21(25)17-9-7-11-19(14-17)28(26,27)23-15-18-10-5-6-13-22-18/h3-14,23H,2,15H2,1H3,(H,24,25). The van der Waals surface area contributed by atoms with Crippen LogP contribution in [0.3, 0.4) is 0 Å². The number of para-hydroxylation sites is 1. The second-order valence-corrected chi connectivity index (χ2v) is 7.91. The van der Waals surface area contributed by atoms with Crippen LogP contribution in [0.4, 0.5) is 5.69 Å². The van der Waals surface area contributed by atoms with Crippen molar-refractivity contribution in [1.82, 2.24) is 9.71 Å². The fourth-order valence-electron chi connectivity index (χ4n) is 2.70. The highest BCUT2D eigenvalue weighted by molar-refractivity contribution is 7.89. The van der Waals surface area contributed by atoms with E-state index in [0.29, 0.717) is 5.69 Å². The van der Waals surface area contributed by atoms with Crippen molar-refractivity contribution in [2.75, 3.05) is 5.32 Å². The van der Waals surface area contributed by atoms with Crippen molar-refractivity contribution in [3.8, 4) is 0 Å². The molecule has 0 aliphatic heterocycles. The maximum atomic E-state index is 12.6. The molecule has 28 heavy (non-hydrogen) atoms. The van der Waals surface area contributed by atoms with Gasteiger partial charge < -0.3 is 5.32 Å². The summed E-state index contributed by atoms with van der Waals surface area (Å²) in [5.41, 5.74) is 2.61. The van der Waals surface area contributed by atoms with Gasteiger partial charge in [0.2, 0.25) is 10.0 Å². The number of pyridine rings is 1. The number of sulfonamides is 1. The third-order valence-electron chi connectivity index (χ3n) is 4.22. The molecule has 3 aromatic rings. The van der Waals surface area contributed by atoms with E-state index in [1.807, 2.05) is 31.2 Å². The number of hydrogen-bond donors (Lipinski definition) is 2. The summed E-state index contributed by atoms with van der Waals surface area (Å²) < 4.78 is 27.6. The number of nitrogens with zero attached hydrogens (tertiary/aromatic N) is 1. The fraction of sp³-hybridized carbons (Fsp3) is 0.143. The molecule has 0 spiro atoms. The number of carbonyl (C=O) groups is 1. The average Bonchev–Trinajstić information content (AvgIpc) is 2.73. The highest BCUT2D eigenvalue weighted by Crippen LogP contribution is 2.18. The summed E-state index contributed by atoms with van der Waals surface area (Å²) >= 11 is 0. The lowest BCUT2D eigenvalue weighted by Gasteiger charge is -2.11. The van der Waals surface area contributed by atoms with Crippen LogP contribution in [0.2, 0.25) is 0 Å². The van der Waals surface area contributed by atoms with Crippen LogP contribution in [0.1, 0.15) is 28.5 Å². The Hall–Kier alpha value is -3.03. The lowest BCUT2D eigenvalue weighted by atomic mass is 10.1. The van der Waals surface area contributed by atoms with E-state index in [9.17, 15) is 13.2 Å². The molecule has 0 radical (unpaired) electrons. The van der Waals surface area contributed by atoms with Gasteiger partial charge in [-0.1, -0.05) is 37.3 Å². The van der Waals surface area contributed by atoms with Crippen LogP contribution in [0.25, 0.3) is 0 Å². The molecule has 7 heteroatoms. The number of amides is 1. The quantitative estimate of drug-likeness (QED) is 0.642. The van der Waals surface area contributed by atoms with Gasteiger partial charge >= 0.3 is 0 Å². The molecular weight excluding hydrogens is 374 g/mol. The van der Waals surface area contributed by atoms with Gasteiger partial charge in [0.25, 0.3) is 5.91 Å². The van der Waals surface area contributed by atoms with Crippen LogP contribution in [-0.2, 0) is 23.0 Å². The first kappa shape index (κ1) is 19.7. The zero-order chi connectivity index (χ0) is 20.0. The summed E-state index contributed by atoms with van der Waals surface area (Å²) in [4.78, 5) is 16.7. The first-order valence-electron chi connectivity index (χ1n) is 8.88. The third-order valence-corrected chi connectivity index (χ3v) is 5.62. The van der Waals surface area contributed by atoms with Crippen molar-refractivity contribution < 1.29 is 13.2 Å². The maximum Gasteiger partial charge on any atom is 0.255 e. The Morgan fingerprint density at radius 2 is 1.79 bits per heavy atom. The normalized spacial score (nSPS) is 11.2. The molecule has 0 saturated heterocycles. The molecule has 1 heterocycles. The van der Waals surface area contributed by atoms with Gasteiger partial charge in [0.1, 0.15) is 0 Å². The third kappa shape index (κ3) is 4.82. The van der Waals surface area contributed by atoms with E-state index in [1.165, 1.54) is 12.1 Å². The van der Waals surface area contributed by atoms with E-state index < -0.39 is 10.0 Å². The first-order chi connectivity index (χ1) is 13.5. The van der Waals surface area contributed by atoms with Gasteiger partial charge in [-0.05, 0) is 48.4 Å². The minimum absolute atomic E-state index is 0.0276. The Labute approximate surface area is 164 Å². The Kier molecular flexibility index (Phi) is 6.18. The molecule has 0 bridgehead atoms. The second kappa shape index (κ2) is 8.77. The Morgan fingerprint density at radius 1 is 1.00 bits per heavy atom. The molecule has 2 aromatic carbocycles. The lowest BCUT2D eigenvalue weighted by Crippen LogP contribution is -2.24. The van der Waals surface area contributed by atoms with Gasteiger partial charge in [-0.3, -0.25) is 9.78 Å². The van der Waals surface area contributed by atoms with Crippen LogP contribution in [-0.4, -0.2) is 19.3 Å². The van der Waals surface area contributed by atoms with Gasteiger partial charge in [0.15, 0.2) is 0 Å². The second-order valence-electron chi connectivity index (χ2n) is 6.14. The summed E-state index contributed by atoms with van der Waals surface area (Å²) in [5, 5.41) is 2.85. The number of aromatic nitrogens is 1. The van der Waals surface area contributed by atoms with Crippen molar-refractivity contribution in [3.05, 3.63) is 89.7 Å². The molecule has 144 valence electrons. The topological polar surface area (TPSA) is 88.2 Å². The highest BCUT2D eigenvalue weighted by atomic mass is 32.2. The molecule has 0 fully saturated rings. The fourth-order valence-corrected chi connectivity index (χ4v) is 3.75. The minimum Gasteiger partial charge on any atom is -0.322 e. The van der Waals surface area contributed by atoms with Crippen molar-refractivity contribution in [2.45, 2.75) is 24.8 Å². The van der Waals surface area contributed by atoms with E-state index >= 15 is 0 Å². The van der Waals surface area contributed by atoms with Gasteiger partial charge in [0, 0.05) is 17.4 Å². The van der Waals surface area contributed by atoms with E-state index in [4.69, 9.17) is 0 Å². The maximum absolute atomic E-state index is 12.6. The average molecular weight is 395 g/mol. The smallest absolute Gasteiger partial charge is 0.255 e. The van der Waals surface area contributed by atoms with Gasteiger partial charge in [-0.2, -0.15) is 0 Å². The molecular formula is C21H21N3O3S. The predicted molar refractivity (Wildman–Crippen MR) is 108 cm³/mol. The Bertz CT molecular complexity index is 1070. The molecule has 0 aliphatic carbocycles. The van der Waals surface area contributed by atoms with E-state index in [-0.39, 0.29) is 22.9 Å².